The summed E-state index contributed by atoms with van der Waals surface area (Å²) in [7, 11) is 0. The van der Waals surface area contributed by atoms with E-state index in [-0.39, 0.29) is 28.2 Å². The van der Waals surface area contributed by atoms with Crippen molar-refractivity contribution in [3.8, 4) is 0 Å². The van der Waals surface area contributed by atoms with Crippen molar-refractivity contribution in [1.82, 2.24) is 5.32 Å². The molecule has 156 valence electrons. The summed E-state index contributed by atoms with van der Waals surface area (Å²) in [6.45, 7) is 2.51. The Kier molecular flexibility index (Phi) is 7.53. The van der Waals surface area contributed by atoms with Crippen LogP contribution in [0, 0.1) is 5.82 Å². The van der Waals surface area contributed by atoms with Crippen molar-refractivity contribution in [1.29, 1.82) is 0 Å². The van der Waals surface area contributed by atoms with Crippen LogP contribution < -0.4 is 10.2 Å². The number of rotatable bonds is 6. The van der Waals surface area contributed by atoms with Gasteiger partial charge < -0.3 is 5.32 Å². The van der Waals surface area contributed by atoms with Crippen molar-refractivity contribution >= 4 is 63.7 Å². The number of aliphatic imine (C=N–C) groups is 1. The van der Waals surface area contributed by atoms with Crippen LogP contribution in [-0.2, 0) is 9.59 Å². The summed E-state index contributed by atoms with van der Waals surface area (Å²) in [6, 6.07) is 10.8. The highest BCUT2D eigenvalue weighted by Crippen LogP contribution is 2.31. The molecule has 0 aromatic heterocycles. The van der Waals surface area contributed by atoms with Crippen molar-refractivity contribution < 1.29 is 14.0 Å². The van der Waals surface area contributed by atoms with E-state index >= 15 is 0 Å². The number of para-hydroxylation sites is 1. The highest BCUT2D eigenvalue weighted by molar-refractivity contribution is 8.14. The molecular formula is C21H18Cl2FN3O2S. The van der Waals surface area contributed by atoms with Crippen LogP contribution in [0.1, 0.15) is 18.9 Å². The van der Waals surface area contributed by atoms with E-state index in [1.807, 2.05) is 6.92 Å². The molecule has 5 nitrogen and oxygen atoms in total. The largest absolute Gasteiger partial charge is 0.355 e. The smallest absolute Gasteiger partial charge is 0.283 e. The lowest BCUT2D eigenvalue weighted by atomic mass is 10.2. The van der Waals surface area contributed by atoms with Gasteiger partial charge in [0.05, 0.1) is 21.5 Å². The summed E-state index contributed by atoms with van der Waals surface area (Å²) in [5, 5.41) is 3.72. The summed E-state index contributed by atoms with van der Waals surface area (Å²) in [4.78, 5) is 30.6. The molecule has 0 bridgehead atoms. The Morgan fingerprint density at radius 3 is 2.70 bits per heavy atom. The number of benzene rings is 2. The normalized spacial score (nSPS) is 14.9. The van der Waals surface area contributed by atoms with Gasteiger partial charge in [-0.2, -0.15) is 0 Å². The molecule has 0 unspecified atom stereocenters. The van der Waals surface area contributed by atoms with E-state index in [2.05, 4.69) is 10.3 Å². The van der Waals surface area contributed by atoms with E-state index in [0.29, 0.717) is 22.2 Å². The van der Waals surface area contributed by atoms with E-state index in [4.69, 9.17) is 23.2 Å². The SMILES string of the molecule is CCCNC(=O)CSC1=N/C(=C\c2ccc(Cl)c(Cl)c2)C(=O)N1c1ccccc1F. The number of halogens is 3. The van der Waals surface area contributed by atoms with E-state index < -0.39 is 11.7 Å². The lowest BCUT2D eigenvalue weighted by Gasteiger charge is -2.18. The zero-order valence-electron chi connectivity index (χ0n) is 16.0. The Morgan fingerprint density at radius 1 is 1.23 bits per heavy atom. The molecule has 0 fully saturated rings. The predicted molar refractivity (Wildman–Crippen MR) is 122 cm³/mol. The zero-order valence-corrected chi connectivity index (χ0v) is 18.3. The molecule has 2 aromatic carbocycles. The molecule has 1 heterocycles. The minimum Gasteiger partial charge on any atom is -0.355 e. The third-order valence-electron chi connectivity index (χ3n) is 4.07. The fourth-order valence-corrected chi connectivity index (χ4v) is 3.79. The number of amidine groups is 1. The van der Waals surface area contributed by atoms with Crippen LogP contribution in [0.4, 0.5) is 10.1 Å². The van der Waals surface area contributed by atoms with Gasteiger partial charge in [0.25, 0.3) is 5.91 Å². The number of thioether (sulfide) groups is 1. The minimum absolute atomic E-state index is 0.0527. The van der Waals surface area contributed by atoms with Crippen molar-refractivity contribution in [3.63, 3.8) is 0 Å². The standard InChI is InChI=1S/C21H18Cl2FN3O2S/c1-2-9-25-19(28)12-30-21-26-17(11-13-7-8-14(22)15(23)10-13)20(29)27(21)18-6-4-3-5-16(18)24/h3-8,10-11H,2,9,12H2,1H3,(H,25,28)/b17-11-. The molecule has 0 spiro atoms. The Labute approximate surface area is 188 Å². The highest BCUT2D eigenvalue weighted by Gasteiger charge is 2.33. The third-order valence-corrected chi connectivity index (χ3v) is 5.75. The molecule has 0 aliphatic carbocycles. The Morgan fingerprint density at radius 2 is 2.00 bits per heavy atom. The Balaban J connectivity index is 1.92. The number of nitrogens with one attached hydrogen (secondary N) is 1. The summed E-state index contributed by atoms with van der Waals surface area (Å²) in [6.07, 6.45) is 2.36. The first-order valence-electron chi connectivity index (χ1n) is 9.14. The van der Waals surface area contributed by atoms with E-state index in [0.717, 1.165) is 18.2 Å². The molecule has 3 rings (SSSR count). The molecule has 0 radical (unpaired) electrons. The molecule has 1 aliphatic heterocycles. The van der Waals surface area contributed by atoms with Crippen LogP contribution in [0.15, 0.2) is 53.2 Å². The number of nitrogens with zero attached hydrogens (tertiary/aromatic N) is 2. The van der Waals surface area contributed by atoms with Gasteiger partial charge in [0.2, 0.25) is 5.91 Å². The number of hydrogen-bond acceptors (Lipinski definition) is 4. The molecule has 30 heavy (non-hydrogen) atoms. The van der Waals surface area contributed by atoms with Crippen LogP contribution in [0.2, 0.25) is 10.0 Å². The first-order chi connectivity index (χ1) is 14.4. The van der Waals surface area contributed by atoms with Crippen molar-refractivity contribution in [2.24, 2.45) is 4.99 Å². The highest BCUT2D eigenvalue weighted by atomic mass is 35.5. The first-order valence-corrected chi connectivity index (χ1v) is 10.9. The van der Waals surface area contributed by atoms with E-state index in [1.54, 1.807) is 30.3 Å². The van der Waals surface area contributed by atoms with Crippen LogP contribution in [-0.4, -0.2) is 29.3 Å². The molecule has 1 N–H and O–H groups in total. The molecule has 0 saturated heterocycles. The summed E-state index contributed by atoms with van der Waals surface area (Å²) in [5.41, 5.74) is 0.797. The third kappa shape index (κ3) is 5.22. The zero-order chi connectivity index (χ0) is 21.7. The van der Waals surface area contributed by atoms with E-state index in [1.165, 1.54) is 23.1 Å². The molecule has 0 saturated carbocycles. The predicted octanol–water partition coefficient (Wildman–Crippen LogP) is 5.14. The quantitative estimate of drug-likeness (QED) is 0.600. The second kappa shape index (κ2) is 10.1. The van der Waals surface area contributed by atoms with Crippen LogP contribution in [0.5, 0.6) is 0 Å². The van der Waals surface area contributed by atoms with Gasteiger partial charge in [0.1, 0.15) is 11.5 Å². The second-order valence-corrected chi connectivity index (χ2v) is 8.09. The lowest BCUT2D eigenvalue weighted by Crippen LogP contribution is -2.33. The molecule has 9 heteroatoms. The van der Waals surface area contributed by atoms with Crippen LogP contribution in [0.3, 0.4) is 0 Å². The van der Waals surface area contributed by atoms with Gasteiger partial charge in [-0.05, 0) is 42.3 Å². The maximum atomic E-state index is 14.4. The number of carbonyl (C=O) groups is 2. The fourth-order valence-electron chi connectivity index (χ4n) is 2.64. The second-order valence-electron chi connectivity index (χ2n) is 6.33. The number of anilines is 1. The summed E-state index contributed by atoms with van der Waals surface area (Å²) < 4.78 is 14.4. The van der Waals surface area contributed by atoms with Gasteiger partial charge >= 0.3 is 0 Å². The average Bonchev–Trinajstić information content (AvgIpc) is 3.03. The Bertz CT molecular complexity index is 1040. The van der Waals surface area contributed by atoms with Crippen molar-refractivity contribution in [3.05, 3.63) is 69.6 Å². The molecule has 0 atom stereocenters. The summed E-state index contributed by atoms with van der Waals surface area (Å²) in [5.74, 6) is -1.20. The monoisotopic (exact) mass is 465 g/mol. The van der Waals surface area contributed by atoms with Gasteiger partial charge in [-0.25, -0.2) is 9.38 Å². The molecule has 2 amide bonds. The number of amides is 2. The van der Waals surface area contributed by atoms with Crippen molar-refractivity contribution in [2.45, 2.75) is 13.3 Å². The molecule has 1 aliphatic rings. The van der Waals surface area contributed by atoms with Gasteiger partial charge in [-0.3, -0.25) is 14.5 Å². The first kappa shape index (κ1) is 22.3. The minimum atomic E-state index is -0.564. The van der Waals surface area contributed by atoms with Crippen LogP contribution >= 0.6 is 35.0 Å². The number of carbonyl (C=O) groups excluding carboxylic acids is 2. The molecule has 2 aromatic rings. The maximum absolute atomic E-state index is 14.4. The van der Waals surface area contributed by atoms with Crippen molar-refractivity contribution in [2.75, 3.05) is 17.2 Å². The van der Waals surface area contributed by atoms with Gasteiger partial charge in [0.15, 0.2) is 5.17 Å². The maximum Gasteiger partial charge on any atom is 0.283 e. The Hall–Kier alpha value is -2.35. The lowest BCUT2D eigenvalue weighted by molar-refractivity contribution is -0.118. The van der Waals surface area contributed by atoms with Crippen LogP contribution in [0.25, 0.3) is 6.08 Å². The topological polar surface area (TPSA) is 61.8 Å². The fraction of sp³-hybridized carbons (Fsp3) is 0.190. The number of hydrogen-bond donors (Lipinski definition) is 1. The van der Waals surface area contributed by atoms with Gasteiger partial charge in [-0.1, -0.05) is 60.1 Å². The van der Waals surface area contributed by atoms with Gasteiger partial charge in [0, 0.05) is 6.54 Å². The average molecular weight is 466 g/mol. The van der Waals surface area contributed by atoms with Gasteiger partial charge in [-0.15, -0.1) is 0 Å². The van der Waals surface area contributed by atoms with E-state index in [9.17, 15) is 14.0 Å². The summed E-state index contributed by atoms with van der Waals surface area (Å²) >= 11 is 13.1. The molecular weight excluding hydrogens is 448 g/mol.